The number of anilines is 1. The number of halogens is 3. The molecule has 228 valence electrons. The minimum Gasteiger partial charge on any atom is -0.497 e. The summed E-state index contributed by atoms with van der Waals surface area (Å²) < 4.78 is 91.9. The number of alkyl halides is 2. The Hall–Kier alpha value is -4.33. The smallest absolute Gasteiger partial charge is 0.268 e. The third-order valence-electron chi connectivity index (χ3n) is 7.41. The number of aryl methyl sites for hydroxylation is 2. The second-order valence-corrected chi connectivity index (χ2v) is 12.0. The average molecular weight is 618 g/mol. The van der Waals surface area contributed by atoms with Crippen molar-refractivity contribution in [1.82, 2.24) is 19.7 Å². The van der Waals surface area contributed by atoms with Gasteiger partial charge in [0.25, 0.3) is 15.9 Å². The Balaban J connectivity index is 1.50. The van der Waals surface area contributed by atoms with Gasteiger partial charge in [0.15, 0.2) is 0 Å². The summed E-state index contributed by atoms with van der Waals surface area (Å²) in [6, 6.07) is 9.96. The van der Waals surface area contributed by atoms with Crippen LogP contribution in [0.2, 0.25) is 0 Å². The van der Waals surface area contributed by atoms with Gasteiger partial charge in [-0.2, -0.15) is 5.10 Å². The predicted molar refractivity (Wildman–Crippen MR) is 151 cm³/mol. The Morgan fingerprint density at radius 1 is 1.05 bits per heavy atom. The van der Waals surface area contributed by atoms with Gasteiger partial charge in [0.05, 0.1) is 20.8 Å². The van der Waals surface area contributed by atoms with Crippen LogP contribution in [0.4, 0.5) is 19.0 Å². The maximum atomic E-state index is 15.7. The molecule has 5 rings (SSSR count). The largest absolute Gasteiger partial charge is 0.497 e. The van der Waals surface area contributed by atoms with Gasteiger partial charge >= 0.3 is 0 Å². The SMILES string of the molecule is COc1ccc(CN(c2ccncn2)S(=O)(=O)c2cc(C)c(O[C@H]3CC(F)(F)C[C@@H]3c3ccnn3C)cc2F)c(OC)c1. The predicted octanol–water partition coefficient (Wildman–Crippen LogP) is 5.03. The molecule has 0 radical (unpaired) electrons. The average Bonchev–Trinajstić information content (AvgIpc) is 3.54. The van der Waals surface area contributed by atoms with Crippen molar-refractivity contribution in [3.05, 3.63) is 83.8 Å². The van der Waals surface area contributed by atoms with E-state index in [2.05, 4.69) is 15.1 Å². The molecule has 0 aliphatic heterocycles. The monoisotopic (exact) mass is 617 g/mol. The molecule has 43 heavy (non-hydrogen) atoms. The number of aromatic nitrogens is 4. The van der Waals surface area contributed by atoms with Crippen LogP contribution in [0, 0.1) is 12.7 Å². The fourth-order valence-electron chi connectivity index (χ4n) is 5.24. The molecule has 4 aromatic rings. The van der Waals surface area contributed by atoms with E-state index in [1.165, 1.54) is 50.6 Å². The zero-order valence-corrected chi connectivity index (χ0v) is 24.7. The molecule has 1 aliphatic carbocycles. The molecule has 1 fully saturated rings. The molecule has 2 aromatic carbocycles. The van der Waals surface area contributed by atoms with Crippen molar-refractivity contribution in [2.75, 3.05) is 18.5 Å². The Bertz CT molecular complexity index is 1720. The van der Waals surface area contributed by atoms with Crippen molar-refractivity contribution in [2.24, 2.45) is 7.05 Å². The topological polar surface area (TPSA) is 109 Å². The molecular formula is C29H30F3N5O5S. The molecule has 2 atom stereocenters. The second-order valence-electron chi connectivity index (χ2n) is 10.2. The van der Waals surface area contributed by atoms with Gasteiger partial charge in [0, 0.05) is 67.7 Å². The molecule has 0 amide bonds. The number of nitrogens with zero attached hydrogens (tertiary/aromatic N) is 5. The van der Waals surface area contributed by atoms with Crippen molar-refractivity contribution in [1.29, 1.82) is 0 Å². The minimum atomic E-state index is -4.57. The van der Waals surface area contributed by atoms with Crippen molar-refractivity contribution in [3.63, 3.8) is 0 Å². The molecule has 0 spiro atoms. The Labute approximate surface area is 247 Å². The van der Waals surface area contributed by atoms with Crippen LogP contribution in [0.5, 0.6) is 17.2 Å². The lowest BCUT2D eigenvalue weighted by Gasteiger charge is -2.26. The summed E-state index contributed by atoms with van der Waals surface area (Å²) in [5.74, 6) is -3.97. The number of hydrogen-bond acceptors (Lipinski definition) is 8. The Morgan fingerprint density at radius 2 is 1.84 bits per heavy atom. The molecule has 2 aromatic heterocycles. The molecule has 0 unspecified atom stereocenters. The van der Waals surface area contributed by atoms with Crippen LogP contribution >= 0.6 is 0 Å². The van der Waals surface area contributed by atoms with Crippen LogP contribution < -0.4 is 18.5 Å². The van der Waals surface area contributed by atoms with Gasteiger partial charge in [-0.25, -0.2) is 35.9 Å². The lowest BCUT2D eigenvalue weighted by Crippen LogP contribution is -2.32. The van der Waals surface area contributed by atoms with E-state index >= 15 is 4.39 Å². The van der Waals surface area contributed by atoms with Crippen molar-refractivity contribution in [3.8, 4) is 17.2 Å². The van der Waals surface area contributed by atoms with E-state index in [1.54, 1.807) is 31.3 Å². The summed E-state index contributed by atoms with van der Waals surface area (Å²) in [6.45, 7) is 1.27. The fourth-order valence-corrected chi connectivity index (χ4v) is 6.77. The van der Waals surface area contributed by atoms with E-state index in [0.29, 0.717) is 22.8 Å². The van der Waals surface area contributed by atoms with E-state index < -0.39 is 51.5 Å². The summed E-state index contributed by atoms with van der Waals surface area (Å²) in [4.78, 5) is 7.31. The van der Waals surface area contributed by atoms with Gasteiger partial charge in [-0.05, 0) is 36.8 Å². The normalized spacial score (nSPS) is 17.9. The Morgan fingerprint density at radius 3 is 2.49 bits per heavy atom. The Kier molecular flexibility index (Phi) is 8.23. The number of rotatable bonds is 10. The van der Waals surface area contributed by atoms with Crippen LogP contribution in [-0.4, -0.2) is 54.4 Å². The molecule has 0 saturated heterocycles. The van der Waals surface area contributed by atoms with Gasteiger partial charge < -0.3 is 14.2 Å². The maximum Gasteiger partial charge on any atom is 0.268 e. The van der Waals surface area contributed by atoms with Crippen LogP contribution in [0.1, 0.15) is 35.6 Å². The van der Waals surface area contributed by atoms with Crippen LogP contribution in [-0.2, 0) is 23.6 Å². The zero-order valence-electron chi connectivity index (χ0n) is 23.9. The molecule has 1 saturated carbocycles. The number of ether oxygens (including phenoxy) is 3. The molecule has 0 bridgehead atoms. The quantitative estimate of drug-likeness (QED) is 0.244. The maximum absolute atomic E-state index is 15.7. The first-order chi connectivity index (χ1) is 20.4. The highest BCUT2D eigenvalue weighted by Crippen LogP contribution is 2.46. The van der Waals surface area contributed by atoms with E-state index in [1.807, 2.05) is 0 Å². The van der Waals surface area contributed by atoms with Crippen LogP contribution in [0.3, 0.4) is 0 Å². The summed E-state index contributed by atoms with van der Waals surface area (Å²) in [5.41, 5.74) is 1.28. The minimum absolute atomic E-state index is 0.00235. The van der Waals surface area contributed by atoms with E-state index in [0.717, 1.165) is 16.4 Å². The number of hydrogen-bond donors (Lipinski definition) is 0. The number of sulfonamides is 1. The first kappa shape index (κ1) is 30.1. The van der Waals surface area contributed by atoms with Gasteiger partial charge in [-0.3, -0.25) is 4.68 Å². The second kappa shape index (κ2) is 11.7. The fraction of sp³-hybridized carbons (Fsp3) is 0.345. The lowest BCUT2D eigenvalue weighted by molar-refractivity contribution is -0.00144. The first-order valence-corrected chi connectivity index (χ1v) is 14.7. The molecule has 0 N–H and O–H groups in total. The summed E-state index contributed by atoms with van der Waals surface area (Å²) >= 11 is 0. The van der Waals surface area contributed by atoms with Crippen LogP contribution in [0.25, 0.3) is 0 Å². The van der Waals surface area contributed by atoms with Crippen molar-refractivity contribution >= 4 is 15.8 Å². The third kappa shape index (κ3) is 6.10. The summed E-state index contributed by atoms with van der Waals surface area (Å²) in [5, 5.41) is 4.07. The summed E-state index contributed by atoms with van der Waals surface area (Å²) in [7, 11) is 0.00579. The molecule has 1 aliphatic rings. The highest BCUT2D eigenvalue weighted by molar-refractivity contribution is 7.92. The lowest BCUT2D eigenvalue weighted by atomic mass is 10.0. The van der Waals surface area contributed by atoms with E-state index in [4.69, 9.17) is 14.2 Å². The van der Waals surface area contributed by atoms with Gasteiger partial charge in [0.2, 0.25) is 0 Å². The number of benzene rings is 2. The number of methoxy groups -OCH3 is 2. The van der Waals surface area contributed by atoms with Crippen molar-refractivity contribution in [2.45, 2.75) is 49.2 Å². The molecule has 14 heteroatoms. The van der Waals surface area contributed by atoms with E-state index in [-0.39, 0.29) is 23.7 Å². The highest BCUT2D eigenvalue weighted by atomic mass is 32.2. The van der Waals surface area contributed by atoms with Crippen molar-refractivity contribution < 1.29 is 35.8 Å². The highest BCUT2D eigenvalue weighted by Gasteiger charge is 2.49. The molecule has 2 heterocycles. The third-order valence-corrected chi connectivity index (χ3v) is 9.18. The first-order valence-electron chi connectivity index (χ1n) is 13.3. The molecule has 10 nitrogen and oxygen atoms in total. The standard InChI is InChI=1S/C29H30F3N5O5S/c1-18-11-27(22(30)13-24(18)42-26-15-29(31,32)14-21(26)23-7-10-35-36(23)2)43(38,39)37(28-8-9-33-17-34-28)16-19-5-6-20(40-3)12-25(19)41-4/h5-13,17,21,26H,14-16H2,1-4H3/t21-,26+/m1/s1. The van der Waals surface area contributed by atoms with E-state index in [9.17, 15) is 17.2 Å². The van der Waals surface area contributed by atoms with Gasteiger partial charge in [-0.15, -0.1) is 0 Å². The van der Waals surface area contributed by atoms with Gasteiger partial charge in [-0.1, -0.05) is 0 Å². The zero-order chi connectivity index (χ0) is 30.9. The molecular weight excluding hydrogens is 587 g/mol. The summed E-state index contributed by atoms with van der Waals surface area (Å²) in [6.07, 6.45) is 2.05. The van der Waals surface area contributed by atoms with Gasteiger partial charge in [0.1, 0.15) is 46.2 Å². The van der Waals surface area contributed by atoms with Crippen LogP contribution in [0.15, 0.2) is 66.1 Å².